The Morgan fingerprint density at radius 1 is 1.36 bits per heavy atom. The van der Waals surface area contributed by atoms with Crippen LogP contribution in [0.2, 0.25) is 0 Å². The highest BCUT2D eigenvalue weighted by atomic mass is 32.2. The van der Waals surface area contributed by atoms with Crippen molar-refractivity contribution in [1.29, 1.82) is 0 Å². The second-order valence-corrected chi connectivity index (χ2v) is 8.46. The third-order valence-corrected chi connectivity index (χ3v) is 6.02. The van der Waals surface area contributed by atoms with Crippen LogP contribution in [-0.4, -0.2) is 65.4 Å². The van der Waals surface area contributed by atoms with Gasteiger partial charge < -0.3 is 9.64 Å². The van der Waals surface area contributed by atoms with Gasteiger partial charge in [0, 0.05) is 18.3 Å². The molecule has 0 radical (unpaired) electrons. The number of rotatable bonds is 6. The lowest BCUT2D eigenvalue weighted by atomic mass is 10.1. The molecule has 1 aromatic heterocycles. The molecule has 1 aromatic rings. The van der Waals surface area contributed by atoms with Crippen molar-refractivity contribution >= 4 is 21.7 Å². The molecule has 0 spiro atoms. The van der Waals surface area contributed by atoms with Gasteiger partial charge in [-0.05, 0) is 26.7 Å². The molecule has 0 bridgehead atoms. The van der Waals surface area contributed by atoms with Gasteiger partial charge in [0.1, 0.15) is 0 Å². The van der Waals surface area contributed by atoms with E-state index in [1.54, 1.807) is 11.8 Å². The van der Waals surface area contributed by atoms with E-state index < -0.39 is 28.3 Å². The Kier molecular flexibility index (Phi) is 6.10. The lowest BCUT2D eigenvalue weighted by Gasteiger charge is -2.33. The predicted molar refractivity (Wildman–Crippen MR) is 90.7 cm³/mol. The number of hydrogen-bond acceptors (Lipinski definition) is 7. The van der Waals surface area contributed by atoms with Crippen LogP contribution in [0.25, 0.3) is 0 Å². The van der Waals surface area contributed by atoms with E-state index in [0.717, 1.165) is 0 Å². The monoisotopic (exact) mass is 369 g/mol. The molecule has 25 heavy (non-hydrogen) atoms. The van der Waals surface area contributed by atoms with Gasteiger partial charge in [-0.3, -0.25) is 9.78 Å². The zero-order valence-electron chi connectivity index (χ0n) is 14.6. The molecule has 1 amide bonds. The first-order chi connectivity index (χ1) is 11.7. The molecule has 8 nitrogen and oxygen atoms in total. The molecule has 1 fully saturated rings. The van der Waals surface area contributed by atoms with Crippen molar-refractivity contribution in [3.05, 3.63) is 23.8 Å². The summed E-state index contributed by atoms with van der Waals surface area (Å²) >= 11 is 0. The molecule has 138 valence electrons. The summed E-state index contributed by atoms with van der Waals surface area (Å²) in [4.78, 5) is 33.9. The summed E-state index contributed by atoms with van der Waals surface area (Å²) in [7, 11) is -3.11. The van der Waals surface area contributed by atoms with Gasteiger partial charge in [-0.25, -0.2) is 18.2 Å². The SMILES string of the molecule is CCC(C)N(C(=O)COC(=O)c1cnc(C)cn1)C1CCS(=O)(=O)C1. The summed E-state index contributed by atoms with van der Waals surface area (Å²) in [5, 5.41) is 0. The van der Waals surface area contributed by atoms with Gasteiger partial charge in [0.2, 0.25) is 0 Å². The number of nitrogens with zero attached hydrogens (tertiary/aromatic N) is 3. The maximum atomic E-state index is 12.5. The molecule has 9 heteroatoms. The summed E-state index contributed by atoms with van der Waals surface area (Å²) in [6, 6.07) is -0.506. The van der Waals surface area contributed by atoms with Gasteiger partial charge in [0.15, 0.2) is 22.1 Å². The number of hydrogen-bond donors (Lipinski definition) is 0. The van der Waals surface area contributed by atoms with Gasteiger partial charge in [-0.1, -0.05) is 6.92 Å². The maximum absolute atomic E-state index is 12.5. The van der Waals surface area contributed by atoms with Gasteiger partial charge in [0.05, 0.1) is 23.4 Å². The van der Waals surface area contributed by atoms with E-state index in [9.17, 15) is 18.0 Å². The quantitative estimate of drug-likeness (QED) is 0.681. The van der Waals surface area contributed by atoms with Crippen molar-refractivity contribution in [3.8, 4) is 0 Å². The average Bonchev–Trinajstić information content (AvgIpc) is 2.92. The zero-order chi connectivity index (χ0) is 18.6. The van der Waals surface area contributed by atoms with Crippen molar-refractivity contribution in [2.24, 2.45) is 0 Å². The van der Waals surface area contributed by atoms with Gasteiger partial charge in [-0.2, -0.15) is 0 Å². The fraction of sp³-hybridized carbons (Fsp3) is 0.625. The molecule has 1 saturated heterocycles. The van der Waals surface area contributed by atoms with Gasteiger partial charge >= 0.3 is 5.97 Å². The van der Waals surface area contributed by atoms with Crippen LogP contribution in [0.1, 0.15) is 42.9 Å². The van der Waals surface area contributed by atoms with E-state index in [-0.39, 0.29) is 29.3 Å². The number of aromatic nitrogens is 2. The summed E-state index contributed by atoms with van der Waals surface area (Å²) < 4.78 is 28.5. The van der Waals surface area contributed by atoms with E-state index in [1.165, 1.54) is 12.4 Å². The number of sulfone groups is 1. The molecular weight excluding hydrogens is 346 g/mol. The minimum absolute atomic E-state index is 0.0249. The van der Waals surface area contributed by atoms with Crippen LogP contribution in [-0.2, 0) is 19.4 Å². The third kappa shape index (κ3) is 4.97. The minimum atomic E-state index is -3.11. The normalized spacial score (nSPS) is 20.0. The highest BCUT2D eigenvalue weighted by molar-refractivity contribution is 7.91. The van der Waals surface area contributed by atoms with Crippen LogP contribution in [0.5, 0.6) is 0 Å². The third-order valence-electron chi connectivity index (χ3n) is 4.27. The summed E-state index contributed by atoms with van der Waals surface area (Å²) in [6.07, 6.45) is 3.82. The summed E-state index contributed by atoms with van der Waals surface area (Å²) in [6.45, 7) is 5.07. The molecule has 0 aliphatic carbocycles. The van der Waals surface area contributed by atoms with E-state index >= 15 is 0 Å². The van der Waals surface area contributed by atoms with Crippen molar-refractivity contribution in [2.75, 3.05) is 18.1 Å². The first kappa shape index (κ1) is 19.3. The van der Waals surface area contributed by atoms with Crippen LogP contribution in [0.4, 0.5) is 0 Å². The number of amides is 1. The molecule has 1 aliphatic rings. The van der Waals surface area contributed by atoms with Gasteiger partial charge in [-0.15, -0.1) is 0 Å². The predicted octanol–water partition coefficient (Wildman–Crippen LogP) is 0.756. The molecule has 1 aliphatic heterocycles. The standard InChI is InChI=1S/C16H23N3O5S/c1-4-12(3)19(13-5-6-25(22,23)10-13)15(20)9-24-16(21)14-8-17-11(2)7-18-14/h7-8,12-13H,4-6,9-10H2,1-3H3. The van der Waals surface area contributed by atoms with E-state index in [2.05, 4.69) is 9.97 Å². The van der Waals surface area contributed by atoms with E-state index in [0.29, 0.717) is 18.5 Å². The van der Waals surface area contributed by atoms with E-state index in [4.69, 9.17) is 4.74 Å². The first-order valence-electron chi connectivity index (χ1n) is 8.21. The van der Waals surface area contributed by atoms with Crippen molar-refractivity contribution in [2.45, 2.75) is 45.7 Å². The second-order valence-electron chi connectivity index (χ2n) is 6.23. The van der Waals surface area contributed by atoms with Crippen LogP contribution in [0.15, 0.2) is 12.4 Å². The fourth-order valence-corrected chi connectivity index (χ4v) is 4.49. The number of ether oxygens (including phenoxy) is 1. The smallest absolute Gasteiger partial charge is 0.359 e. The lowest BCUT2D eigenvalue weighted by molar-refractivity contribution is -0.138. The minimum Gasteiger partial charge on any atom is -0.451 e. The number of esters is 1. The summed E-state index contributed by atoms with van der Waals surface area (Å²) in [5.41, 5.74) is 0.690. The van der Waals surface area contributed by atoms with Gasteiger partial charge in [0.25, 0.3) is 5.91 Å². The van der Waals surface area contributed by atoms with E-state index in [1.807, 2.05) is 13.8 Å². The Morgan fingerprint density at radius 2 is 2.08 bits per heavy atom. The Hall–Kier alpha value is -2.03. The molecule has 0 N–H and O–H groups in total. The maximum Gasteiger partial charge on any atom is 0.359 e. The Labute approximate surface area is 147 Å². The Morgan fingerprint density at radius 3 is 2.60 bits per heavy atom. The number of carbonyl (C=O) groups is 2. The molecule has 0 saturated carbocycles. The van der Waals surface area contributed by atoms with Crippen LogP contribution >= 0.6 is 0 Å². The summed E-state index contributed by atoms with van der Waals surface area (Å²) in [5.74, 6) is -1.09. The lowest BCUT2D eigenvalue weighted by Crippen LogP contribution is -2.48. The zero-order valence-corrected chi connectivity index (χ0v) is 15.5. The molecule has 2 atom stereocenters. The Bertz CT molecular complexity index is 733. The number of aryl methyl sites for hydroxylation is 1. The molecule has 2 unspecified atom stereocenters. The highest BCUT2D eigenvalue weighted by Gasteiger charge is 2.36. The molecule has 2 heterocycles. The van der Waals surface area contributed by atoms with Crippen LogP contribution in [0, 0.1) is 6.92 Å². The highest BCUT2D eigenvalue weighted by Crippen LogP contribution is 2.21. The molecular formula is C16H23N3O5S. The van der Waals surface area contributed by atoms with Crippen LogP contribution < -0.4 is 0 Å². The van der Waals surface area contributed by atoms with Crippen molar-refractivity contribution in [3.63, 3.8) is 0 Å². The largest absolute Gasteiger partial charge is 0.451 e. The topological polar surface area (TPSA) is 107 Å². The number of carbonyl (C=O) groups excluding carboxylic acids is 2. The van der Waals surface area contributed by atoms with Crippen LogP contribution in [0.3, 0.4) is 0 Å². The molecule has 2 rings (SSSR count). The average molecular weight is 369 g/mol. The molecule has 0 aromatic carbocycles. The van der Waals surface area contributed by atoms with Crippen molar-refractivity contribution < 1.29 is 22.7 Å². The first-order valence-corrected chi connectivity index (χ1v) is 10.0. The fourth-order valence-electron chi connectivity index (χ4n) is 2.77. The Balaban J connectivity index is 2.02. The second kappa shape index (κ2) is 7.90. The van der Waals surface area contributed by atoms with Crippen molar-refractivity contribution in [1.82, 2.24) is 14.9 Å².